The molecule has 0 fully saturated rings. The molecule has 3 nitrogen and oxygen atoms in total. The lowest BCUT2D eigenvalue weighted by Crippen LogP contribution is -2.14. The third-order valence-corrected chi connectivity index (χ3v) is 1.92. The predicted molar refractivity (Wildman–Crippen MR) is 41.0 cm³/mol. The van der Waals surface area contributed by atoms with Gasteiger partial charge in [0.25, 0.3) is 0 Å². The Bertz CT molecular complexity index is 95.0. The highest BCUT2D eigenvalue weighted by atomic mass is 32.2. The molecule has 0 saturated carbocycles. The summed E-state index contributed by atoms with van der Waals surface area (Å²) in [5, 5.41) is 10.9. The van der Waals surface area contributed by atoms with Crippen molar-refractivity contribution in [1.29, 1.82) is 0 Å². The molecular formula is C5H12N2OS. The van der Waals surface area contributed by atoms with Crippen LogP contribution in [-0.2, 0) is 0 Å². The Morgan fingerprint density at radius 2 is 2.44 bits per heavy atom. The number of nitrogens with zero attached hydrogens (tertiary/aromatic N) is 1. The second-order valence-electron chi connectivity index (χ2n) is 1.64. The molecule has 0 aliphatic carbocycles. The molecule has 54 valence electrons. The molecule has 0 aromatic rings. The van der Waals surface area contributed by atoms with E-state index >= 15 is 0 Å². The smallest absolute Gasteiger partial charge is 0.149 e. The summed E-state index contributed by atoms with van der Waals surface area (Å²) in [6.07, 6.45) is 1.13. The van der Waals surface area contributed by atoms with Crippen molar-refractivity contribution in [3.05, 3.63) is 0 Å². The van der Waals surface area contributed by atoms with E-state index in [1.54, 1.807) is 11.8 Å². The van der Waals surface area contributed by atoms with Crippen LogP contribution in [0.2, 0.25) is 0 Å². The van der Waals surface area contributed by atoms with E-state index in [9.17, 15) is 0 Å². The maximum Gasteiger partial charge on any atom is 0.149 e. The molecule has 0 aromatic carbocycles. The van der Waals surface area contributed by atoms with Gasteiger partial charge in [-0.2, -0.15) is 11.8 Å². The van der Waals surface area contributed by atoms with Crippen molar-refractivity contribution in [2.75, 3.05) is 11.5 Å². The van der Waals surface area contributed by atoms with E-state index in [-0.39, 0.29) is 0 Å². The first-order chi connectivity index (χ1) is 4.31. The van der Waals surface area contributed by atoms with Gasteiger partial charge in [0, 0.05) is 0 Å². The lowest BCUT2D eigenvalue weighted by Gasteiger charge is -1.94. The van der Waals surface area contributed by atoms with Crippen molar-refractivity contribution < 1.29 is 5.21 Å². The van der Waals surface area contributed by atoms with Crippen LogP contribution in [0.3, 0.4) is 0 Å². The van der Waals surface area contributed by atoms with Crippen LogP contribution < -0.4 is 5.73 Å². The Morgan fingerprint density at radius 1 is 1.78 bits per heavy atom. The number of rotatable bonds is 4. The van der Waals surface area contributed by atoms with Crippen molar-refractivity contribution in [3.8, 4) is 0 Å². The van der Waals surface area contributed by atoms with E-state index in [1.807, 2.05) is 0 Å². The second-order valence-corrected chi connectivity index (χ2v) is 2.75. The molecule has 0 rings (SSSR count). The molecule has 0 radical (unpaired) electrons. The third-order valence-electron chi connectivity index (χ3n) is 0.727. The average molecular weight is 148 g/mol. The molecule has 0 unspecified atom stereocenters. The zero-order valence-corrected chi connectivity index (χ0v) is 6.32. The summed E-state index contributed by atoms with van der Waals surface area (Å²) in [5.74, 6) is 1.99. The number of hydrogen-bond donors (Lipinski definition) is 2. The van der Waals surface area contributed by atoms with Gasteiger partial charge < -0.3 is 10.9 Å². The molecule has 0 aromatic heterocycles. The zero-order valence-electron chi connectivity index (χ0n) is 5.50. The summed E-state index contributed by atoms with van der Waals surface area (Å²) in [4.78, 5) is 0. The monoisotopic (exact) mass is 148 g/mol. The van der Waals surface area contributed by atoms with E-state index in [1.165, 1.54) is 0 Å². The molecular weight excluding hydrogens is 136 g/mol. The first-order valence-corrected chi connectivity index (χ1v) is 4.00. The van der Waals surface area contributed by atoms with Gasteiger partial charge in [-0.05, 0) is 12.2 Å². The van der Waals surface area contributed by atoms with Crippen molar-refractivity contribution >= 4 is 17.6 Å². The maximum atomic E-state index is 8.08. The average Bonchev–Trinajstić information content (AvgIpc) is 1.89. The van der Waals surface area contributed by atoms with Gasteiger partial charge in [-0.3, -0.25) is 0 Å². The number of thioether (sulfide) groups is 1. The van der Waals surface area contributed by atoms with Gasteiger partial charge in [0.2, 0.25) is 0 Å². The molecule has 9 heavy (non-hydrogen) atoms. The van der Waals surface area contributed by atoms with E-state index < -0.39 is 0 Å². The molecule has 0 saturated heterocycles. The third kappa shape index (κ3) is 5.49. The van der Waals surface area contributed by atoms with Crippen LogP contribution in [0, 0.1) is 0 Å². The van der Waals surface area contributed by atoms with Gasteiger partial charge in [0.05, 0.1) is 5.75 Å². The van der Waals surface area contributed by atoms with Crippen molar-refractivity contribution in [1.82, 2.24) is 0 Å². The summed E-state index contributed by atoms with van der Waals surface area (Å²) in [6, 6.07) is 0. The van der Waals surface area contributed by atoms with Crippen LogP contribution >= 0.6 is 11.8 Å². The summed E-state index contributed by atoms with van der Waals surface area (Å²) >= 11 is 1.67. The maximum absolute atomic E-state index is 8.08. The Morgan fingerprint density at radius 3 is 2.89 bits per heavy atom. The second kappa shape index (κ2) is 5.75. The van der Waals surface area contributed by atoms with E-state index in [2.05, 4.69) is 12.1 Å². The van der Waals surface area contributed by atoms with Gasteiger partial charge in [-0.15, -0.1) is 0 Å². The van der Waals surface area contributed by atoms with Gasteiger partial charge in [0.1, 0.15) is 5.84 Å². The standard InChI is InChI=1S/C5H12N2OS/c1-2-3-9-4-5(6)7-8/h8H,2-4H2,1H3,(H2,6,7). The highest BCUT2D eigenvalue weighted by Gasteiger charge is 1.90. The lowest BCUT2D eigenvalue weighted by molar-refractivity contribution is 0.318. The molecule has 0 amide bonds. The number of amidine groups is 1. The normalized spacial score (nSPS) is 11.9. The first kappa shape index (κ1) is 8.62. The Balaban J connectivity index is 3.07. The fourth-order valence-electron chi connectivity index (χ4n) is 0.350. The highest BCUT2D eigenvalue weighted by molar-refractivity contribution is 7.99. The molecule has 0 aliphatic rings. The minimum absolute atomic E-state index is 0.299. The van der Waals surface area contributed by atoms with Crippen molar-refractivity contribution in [2.24, 2.45) is 10.9 Å². The van der Waals surface area contributed by atoms with Crippen LogP contribution in [0.25, 0.3) is 0 Å². The van der Waals surface area contributed by atoms with Gasteiger partial charge in [-0.25, -0.2) is 0 Å². The Hall–Kier alpha value is -0.380. The van der Waals surface area contributed by atoms with E-state index in [0.717, 1.165) is 12.2 Å². The fourth-order valence-corrected chi connectivity index (χ4v) is 1.05. The molecule has 0 spiro atoms. The minimum atomic E-state index is 0.299. The van der Waals surface area contributed by atoms with Gasteiger partial charge >= 0.3 is 0 Å². The predicted octanol–water partition coefficient (Wildman–Crippen LogP) is 0.876. The quantitative estimate of drug-likeness (QED) is 0.204. The topological polar surface area (TPSA) is 58.6 Å². The summed E-state index contributed by atoms with van der Waals surface area (Å²) < 4.78 is 0. The van der Waals surface area contributed by atoms with Crippen molar-refractivity contribution in [2.45, 2.75) is 13.3 Å². The molecule has 0 atom stereocenters. The SMILES string of the molecule is CCCSC/C(N)=N/O. The Kier molecular flexibility index (Phi) is 5.51. The zero-order chi connectivity index (χ0) is 7.11. The lowest BCUT2D eigenvalue weighted by atomic mass is 10.6. The summed E-state index contributed by atoms with van der Waals surface area (Å²) in [7, 11) is 0. The minimum Gasteiger partial charge on any atom is -0.409 e. The van der Waals surface area contributed by atoms with Crippen LogP contribution in [0.5, 0.6) is 0 Å². The molecule has 4 heteroatoms. The number of oxime groups is 1. The van der Waals surface area contributed by atoms with Crippen LogP contribution in [0.1, 0.15) is 13.3 Å². The molecule has 0 heterocycles. The number of hydrogen-bond acceptors (Lipinski definition) is 3. The number of nitrogens with two attached hydrogens (primary N) is 1. The molecule has 0 aliphatic heterocycles. The van der Waals surface area contributed by atoms with Crippen LogP contribution in [0.4, 0.5) is 0 Å². The summed E-state index contributed by atoms with van der Waals surface area (Å²) in [6.45, 7) is 2.10. The Labute approximate surface area is 59.3 Å². The highest BCUT2D eigenvalue weighted by Crippen LogP contribution is 1.99. The van der Waals surface area contributed by atoms with Crippen LogP contribution in [-0.4, -0.2) is 22.5 Å². The van der Waals surface area contributed by atoms with Crippen molar-refractivity contribution in [3.63, 3.8) is 0 Å². The van der Waals surface area contributed by atoms with E-state index in [4.69, 9.17) is 10.9 Å². The van der Waals surface area contributed by atoms with E-state index in [0.29, 0.717) is 11.6 Å². The first-order valence-electron chi connectivity index (χ1n) is 2.85. The molecule has 3 N–H and O–H groups in total. The van der Waals surface area contributed by atoms with Gasteiger partial charge in [-0.1, -0.05) is 12.1 Å². The van der Waals surface area contributed by atoms with Crippen LogP contribution in [0.15, 0.2) is 5.16 Å². The summed E-state index contributed by atoms with van der Waals surface area (Å²) in [5.41, 5.74) is 5.19. The molecule has 0 bridgehead atoms. The fraction of sp³-hybridized carbons (Fsp3) is 0.800. The van der Waals surface area contributed by atoms with Gasteiger partial charge in [0.15, 0.2) is 0 Å². The largest absolute Gasteiger partial charge is 0.409 e.